The minimum Gasteiger partial charge on any atom is -0.489 e. The van der Waals surface area contributed by atoms with Gasteiger partial charge in [-0.05, 0) is 64.0 Å². The Morgan fingerprint density at radius 1 is 1.27 bits per heavy atom. The largest absolute Gasteiger partial charge is 0.489 e. The lowest BCUT2D eigenvalue weighted by Gasteiger charge is -2.50. The fourth-order valence-electron chi connectivity index (χ4n) is 4.76. The van der Waals surface area contributed by atoms with Gasteiger partial charge in [0.1, 0.15) is 18.2 Å². The molecule has 3 heterocycles. The summed E-state index contributed by atoms with van der Waals surface area (Å²) in [7, 11) is -4.97. The maximum Gasteiger partial charge on any atom is 0.418 e. The first-order valence-electron chi connectivity index (χ1n) is 13.8. The number of nitrogens with zero attached hydrogens (tertiary/aromatic N) is 3. The highest BCUT2D eigenvalue weighted by molar-refractivity contribution is 7.80. The third-order valence-electron chi connectivity index (χ3n) is 7.34. The fourth-order valence-corrected chi connectivity index (χ4v) is 5.78. The maximum atomic E-state index is 13.4. The van der Waals surface area contributed by atoms with Crippen LogP contribution in [0.25, 0.3) is 5.57 Å². The van der Waals surface area contributed by atoms with Crippen molar-refractivity contribution >= 4 is 55.9 Å². The molecule has 1 amide bonds. The van der Waals surface area contributed by atoms with Gasteiger partial charge in [-0.25, -0.2) is 9.78 Å². The number of piperidine rings is 1. The molecule has 1 aromatic carbocycles. The molecular formula is C27H34N6O10S2. The van der Waals surface area contributed by atoms with E-state index in [1.54, 1.807) is 24.3 Å². The van der Waals surface area contributed by atoms with Crippen LogP contribution >= 0.6 is 11.3 Å². The zero-order chi connectivity index (χ0) is 32.9. The van der Waals surface area contributed by atoms with Crippen LogP contribution in [-0.4, -0.2) is 89.0 Å². The van der Waals surface area contributed by atoms with Gasteiger partial charge in [0, 0.05) is 17.4 Å². The van der Waals surface area contributed by atoms with E-state index in [2.05, 4.69) is 19.6 Å². The number of ketones is 1. The highest BCUT2D eigenvalue weighted by Crippen LogP contribution is 2.41. The van der Waals surface area contributed by atoms with Crippen molar-refractivity contribution in [1.82, 2.24) is 15.4 Å². The van der Waals surface area contributed by atoms with Gasteiger partial charge in [0.15, 0.2) is 10.9 Å². The second kappa shape index (κ2) is 13.9. The molecule has 0 bridgehead atoms. The number of rotatable bonds is 14. The first kappa shape index (κ1) is 33.8. The van der Waals surface area contributed by atoms with E-state index < -0.39 is 58.6 Å². The van der Waals surface area contributed by atoms with Crippen molar-refractivity contribution in [2.75, 3.05) is 25.4 Å². The number of aliphatic imine (C=N–C) groups is 1. The minimum atomic E-state index is -4.97. The van der Waals surface area contributed by atoms with Gasteiger partial charge < -0.3 is 31.4 Å². The number of nitrogens with two attached hydrogens (primary N) is 2. The van der Waals surface area contributed by atoms with Crippen molar-refractivity contribution in [2.45, 2.75) is 50.8 Å². The molecular weight excluding hydrogens is 632 g/mol. The number of Topliss-reactive ketones (excluding diaryl/α,β-unsaturated/α-hetero) is 1. The topological polar surface area (TPSA) is 246 Å². The minimum absolute atomic E-state index is 0.0857. The second-order valence-electron chi connectivity index (χ2n) is 10.9. The number of allylic oxidation sites excluding steroid dienone is 1. The number of nitrogen functional groups attached to an aromatic ring is 1. The molecule has 0 spiro atoms. The quantitative estimate of drug-likeness (QED) is 0.0472. The van der Waals surface area contributed by atoms with E-state index in [4.69, 9.17) is 25.5 Å². The highest BCUT2D eigenvalue weighted by Gasteiger charge is 2.57. The number of aliphatic carboxylic acids is 1. The van der Waals surface area contributed by atoms with Gasteiger partial charge >= 0.3 is 16.4 Å². The molecule has 16 nitrogen and oxygen atoms in total. The van der Waals surface area contributed by atoms with E-state index in [9.17, 15) is 27.9 Å². The fraction of sp³-hybridized carbons (Fsp3) is 0.444. The molecule has 18 heteroatoms. The molecule has 244 valence electrons. The number of hydrogen-bond acceptors (Lipinski definition) is 13. The number of aromatic nitrogens is 1. The van der Waals surface area contributed by atoms with Crippen LogP contribution in [0.3, 0.4) is 0 Å². The first-order chi connectivity index (χ1) is 21.2. The number of β-lactam (4-membered cyclic amide) rings is 1. The highest BCUT2D eigenvalue weighted by atomic mass is 32.3. The molecule has 2 fully saturated rings. The number of hydroxylamine groups is 2. The van der Waals surface area contributed by atoms with Crippen molar-refractivity contribution in [2.24, 2.45) is 16.6 Å². The van der Waals surface area contributed by atoms with Crippen molar-refractivity contribution < 1.29 is 46.2 Å². The standard InChI is InChI=1S/C27H34N6O10S2/c1-27(2)19(24(35)33(27)43-45(38,39)40)11-21(34)18(20-14-44-26(29)32-20)12-42-22(25(36)37)13-41-17-5-3-15(4-6-17)23(28)31-16-7-9-30-10-8-16/h3-6,12,14,16,19,22,30H,7-11,13H2,1-2H3,(H2,28,31)(H2,29,32)(H,36,37)(H,38,39,40)/b18-12-/t19-,22+/m1/s1. The molecule has 1 aromatic heterocycles. The Morgan fingerprint density at radius 3 is 2.49 bits per heavy atom. The van der Waals surface area contributed by atoms with E-state index in [-0.39, 0.29) is 22.4 Å². The van der Waals surface area contributed by atoms with E-state index in [1.807, 2.05) is 0 Å². The van der Waals surface area contributed by atoms with E-state index in [0.717, 1.165) is 43.5 Å². The number of thiazole rings is 1. The smallest absolute Gasteiger partial charge is 0.418 e. The van der Waals surface area contributed by atoms with Crippen molar-refractivity contribution in [1.29, 1.82) is 0 Å². The van der Waals surface area contributed by atoms with Gasteiger partial charge in [-0.15, -0.1) is 15.6 Å². The van der Waals surface area contributed by atoms with Crippen molar-refractivity contribution in [3.63, 3.8) is 0 Å². The maximum absolute atomic E-state index is 13.4. The van der Waals surface area contributed by atoms with E-state index in [1.165, 1.54) is 19.2 Å². The number of carboxylic acids is 1. The summed E-state index contributed by atoms with van der Waals surface area (Å²) in [5.41, 5.74) is 11.2. The Hall–Kier alpha value is -4.10. The summed E-state index contributed by atoms with van der Waals surface area (Å²) >= 11 is 1.02. The lowest BCUT2D eigenvalue weighted by atomic mass is 9.74. The molecule has 0 saturated carbocycles. The Balaban J connectivity index is 1.43. The van der Waals surface area contributed by atoms with Crippen LogP contribution in [0.15, 0.2) is 40.9 Å². The Kier molecular flexibility index (Phi) is 10.4. The average Bonchev–Trinajstić information content (AvgIpc) is 3.41. The summed E-state index contributed by atoms with van der Waals surface area (Å²) in [5, 5.41) is 15.1. The van der Waals surface area contributed by atoms with Crippen LogP contribution in [0.2, 0.25) is 0 Å². The molecule has 45 heavy (non-hydrogen) atoms. The van der Waals surface area contributed by atoms with Crippen molar-refractivity contribution in [3.05, 3.63) is 47.2 Å². The zero-order valence-corrected chi connectivity index (χ0v) is 26.0. The van der Waals surface area contributed by atoms with Gasteiger partial charge in [0.25, 0.3) is 5.91 Å². The third-order valence-corrected chi connectivity index (χ3v) is 8.35. The SMILES string of the molecule is CC1(C)[C@H](CC(=O)/C(=C\O[C@@H](COc2ccc(C(N)=NC3CCNCC3)cc2)C(=O)O)c2csc(N)n2)C(=O)N1OS(=O)(=O)O. The number of benzene rings is 1. The summed E-state index contributed by atoms with van der Waals surface area (Å²) < 4.78 is 46.6. The number of carboxylic acid groups (broad SMARTS) is 1. The van der Waals surface area contributed by atoms with Crippen molar-refractivity contribution in [3.8, 4) is 5.75 Å². The molecule has 2 atom stereocenters. The van der Waals surface area contributed by atoms with Gasteiger partial charge in [-0.3, -0.25) is 19.1 Å². The van der Waals surface area contributed by atoms with E-state index >= 15 is 0 Å². The molecule has 2 aromatic rings. The normalized spacial score (nSPS) is 19.9. The van der Waals surface area contributed by atoms with Crippen LogP contribution in [0.1, 0.15) is 44.4 Å². The number of amidine groups is 1. The molecule has 7 N–H and O–H groups in total. The molecule has 0 aliphatic carbocycles. The first-order valence-corrected chi connectivity index (χ1v) is 16.0. The predicted octanol–water partition coefficient (Wildman–Crippen LogP) is 1.00. The van der Waals surface area contributed by atoms with Gasteiger partial charge in [0.05, 0.1) is 35.0 Å². The zero-order valence-electron chi connectivity index (χ0n) is 24.4. The average molecular weight is 667 g/mol. The van der Waals surface area contributed by atoms with E-state index in [0.29, 0.717) is 22.2 Å². The number of hydrogen-bond donors (Lipinski definition) is 5. The Labute approximate surface area is 263 Å². The summed E-state index contributed by atoms with van der Waals surface area (Å²) in [6.07, 6.45) is 0.738. The molecule has 0 radical (unpaired) electrons. The number of carbonyl (C=O) groups is 3. The van der Waals surface area contributed by atoms with Crippen LogP contribution in [-0.2, 0) is 33.8 Å². The third kappa shape index (κ3) is 8.54. The van der Waals surface area contributed by atoms with Crippen LogP contribution in [0.5, 0.6) is 5.75 Å². The Morgan fingerprint density at radius 2 is 1.93 bits per heavy atom. The molecule has 0 unspecified atom stereocenters. The summed E-state index contributed by atoms with van der Waals surface area (Å²) in [5.74, 6) is -3.19. The summed E-state index contributed by atoms with van der Waals surface area (Å²) in [6, 6.07) is 6.81. The number of nitrogens with one attached hydrogen (secondary N) is 1. The number of ether oxygens (including phenoxy) is 2. The second-order valence-corrected chi connectivity index (χ2v) is 12.8. The summed E-state index contributed by atoms with van der Waals surface area (Å²) in [6.45, 7) is 4.23. The van der Waals surface area contributed by atoms with Crippen LogP contribution in [0.4, 0.5) is 5.13 Å². The number of anilines is 1. The van der Waals surface area contributed by atoms with Gasteiger partial charge in [-0.2, -0.15) is 13.5 Å². The Bertz CT molecular complexity index is 1580. The molecule has 2 aliphatic heterocycles. The summed E-state index contributed by atoms with van der Waals surface area (Å²) in [4.78, 5) is 46.5. The molecule has 2 aliphatic rings. The van der Waals surface area contributed by atoms with Crippen LogP contribution in [0, 0.1) is 5.92 Å². The lowest BCUT2D eigenvalue weighted by molar-refractivity contribution is -0.228. The number of amides is 1. The monoisotopic (exact) mass is 666 g/mol. The molecule has 4 rings (SSSR count). The van der Waals surface area contributed by atoms with Gasteiger partial charge in [-0.1, -0.05) is 0 Å². The van der Waals surface area contributed by atoms with Crippen LogP contribution < -0.4 is 21.5 Å². The van der Waals surface area contributed by atoms with Gasteiger partial charge in [0.2, 0.25) is 6.10 Å². The molecule has 2 saturated heterocycles. The predicted molar refractivity (Wildman–Crippen MR) is 162 cm³/mol. The number of carbonyl (C=O) groups excluding carboxylic acids is 2. The lowest BCUT2D eigenvalue weighted by Crippen LogP contribution is -2.68.